The van der Waals surface area contributed by atoms with Crippen LogP contribution in [0.5, 0.6) is 0 Å². The zero-order valence-corrected chi connectivity index (χ0v) is 21.3. The highest BCUT2D eigenvalue weighted by Crippen LogP contribution is 2.33. The molecule has 0 aliphatic carbocycles. The van der Waals surface area contributed by atoms with E-state index in [-0.39, 0.29) is 5.03 Å². The molecule has 10 nitrogen and oxygen atoms in total. The van der Waals surface area contributed by atoms with Crippen LogP contribution in [0.4, 0.5) is 0 Å². The summed E-state index contributed by atoms with van der Waals surface area (Å²) in [5.74, 6) is 1.45. The summed E-state index contributed by atoms with van der Waals surface area (Å²) >= 11 is 13.7. The average Bonchev–Trinajstić information content (AvgIpc) is 3.50. The third-order valence-electron chi connectivity index (χ3n) is 4.91. The summed E-state index contributed by atoms with van der Waals surface area (Å²) in [5.41, 5.74) is 1.81. The second-order valence-corrected chi connectivity index (χ2v) is 10.6. The van der Waals surface area contributed by atoms with E-state index >= 15 is 0 Å². The molecule has 3 heterocycles. The molecule has 5 aromatic rings. The molecular weight excluding hydrogens is 545 g/mol. The molecular formula is C22H15Cl2N7O3S2. The molecule has 0 atom stereocenters. The number of hydrogen-bond donors (Lipinski definition) is 1. The molecule has 0 saturated heterocycles. The van der Waals surface area contributed by atoms with Crippen LogP contribution in [0.2, 0.25) is 10.0 Å². The number of nitrogens with zero attached hydrogens (tertiary/aromatic N) is 6. The molecule has 0 unspecified atom stereocenters. The largest absolute Gasteiger partial charge is 0.338 e. The fourth-order valence-corrected chi connectivity index (χ4v) is 4.89. The molecule has 182 valence electrons. The highest BCUT2D eigenvalue weighted by Gasteiger charge is 2.21. The molecule has 0 aliphatic rings. The second kappa shape index (κ2) is 9.99. The van der Waals surface area contributed by atoms with E-state index in [0.29, 0.717) is 49.7 Å². The van der Waals surface area contributed by atoms with E-state index in [4.69, 9.17) is 32.9 Å². The maximum absolute atomic E-state index is 11.8. The number of hydrogen-bond acceptors (Lipinski definition) is 9. The summed E-state index contributed by atoms with van der Waals surface area (Å²) < 4.78 is 30.8. The topological polar surface area (TPSA) is 143 Å². The smallest absolute Gasteiger partial charge is 0.255 e. The van der Waals surface area contributed by atoms with Gasteiger partial charge in [0.15, 0.2) is 16.0 Å². The lowest BCUT2D eigenvalue weighted by Crippen LogP contribution is -2.14. The lowest BCUT2D eigenvalue weighted by molar-refractivity contribution is 0.391. The van der Waals surface area contributed by atoms with Crippen molar-refractivity contribution in [2.75, 3.05) is 0 Å². The highest BCUT2D eigenvalue weighted by molar-refractivity contribution is 7.98. The molecule has 0 saturated carbocycles. The number of thioether (sulfide) groups is 1. The molecule has 14 heteroatoms. The van der Waals surface area contributed by atoms with Gasteiger partial charge in [0, 0.05) is 22.3 Å². The fraction of sp³-hybridized carbons (Fsp3) is 0.0455. The van der Waals surface area contributed by atoms with Crippen molar-refractivity contribution >= 4 is 45.0 Å². The van der Waals surface area contributed by atoms with Gasteiger partial charge in [0.25, 0.3) is 10.0 Å². The first-order valence-corrected chi connectivity index (χ1v) is 13.5. The first-order valence-electron chi connectivity index (χ1n) is 10.2. The predicted molar refractivity (Wildman–Crippen MR) is 135 cm³/mol. The molecule has 0 bridgehead atoms. The van der Waals surface area contributed by atoms with Gasteiger partial charge in [-0.25, -0.2) is 18.5 Å². The first kappa shape index (κ1) is 24.4. The summed E-state index contributed by atoms with van der Waals surface area (Å²) in [5, 5.41) is 19.1. The van der Waals surface area contributed by atoms with E-state index in [1.165, 1.54) is 24.0 Å². The number of para-hydroxylation sites is 1. The predicted octanol–water partition coefficient (Wildman–Crippen LogP) is 4.63. The summed E-state index contributed by atoms with van der Waals surface area (Å²) in [7, 11) is -4.02. The SMILES string of the molecule is NS(=O)(=O)c1cc(-c2nnc(SCc3nc(-c4ccc(Cl)cc4)no3)n2-c2ccccc2Cl)ccn1. The van der Waals surface area contributed by atoms with Gasteiger partial charge in [-0.15, -0.1) is 10.2 Å². The van der Waals surface area contributed by atoms with E-state index in [2.05, 4.69) is 25.3 Å². The Kier molecular flexibility index (Phi) is 6.77. The Morgan fingerprint density at radius 1 is 1.00 bits per heavy atom. The van der Waals surface area contributed by atoms with Crippen LogP contribution in [0, 0.1) is 0 Å². The van der Waals surface area contributed by atoms with Crippen LogP contribution in [0.1, 0.15) is 5.89 Å². The van der Waals surface area contributed by atoms with Crippen molar-refractivity contribution in [3.63, 3.8) is 0 Å². The van der Waals surface area contributed by atoms with Crippen LogP contribution < -0.4 is 5.14 Å². The van der Waals surface area contributed by atoms with Crippen molar-refractivity contribution in [2.24, 2.45) is 5.14 Å². The Morgan fingerprint density at radius 2 is 1.78 bits per heavy atom. The van der Waals surface area contributed by atoms with Crippen molar-refractivity contribution in [2.45, 2.75) is 15.9 Å². The van der Waals surface area contributed by atoms with Crippen molar-refractivity contribution in [3.8, 4) is 28.5 Å². The van der Waals surface area contributed by atoms with Crippen molar-refractivity contribution in [1.29, 1.82) is 0 Å². The van der Waals surface area contributed by atoms with Gasteiger partial charge in [0.05, 0.1) is 16.5 Å². The standard InChI is InChI=1S/C22H15Cl2N7O3S2/c23-15-7-5-13(6-8-15)20-27-18(34-30-20)12-35-22-29-28-21(31(22)17-4-2-1-3-16(17)24)14-9-10-26-19(11-14)36(25,32)33/h1-11H,12H2,(H2,25,32,33). The van der Waals surface area contributed by atoms with Gasteiger partial charge in [0.1, 0.15) is 0 Å². The minimum Gasteiger partial charge on any atom is -0.338 e. The molecule has 0 spiro atoms. The monoisotopic (exact) mass is 559 g/mol. The van der Waals surface area contributed by atoms with Gasteiger partial charge >= 0.3 is 0 Å². The van der Waals surface area contributed by atoms with Gasteiger partial charge in [-0.2, -0.15) is 4.98 Å². The molecule has 0 fully saturated rings. The quantitative estimate of drug-likeness (QED) is 0.282. The molecule has 5 rings (SSSR count). The molecule has 2 N–H and O–H groups in total. The normalized spacial score (nSPS) is 11.6. The second-order valence-electron chi connectivity index (χ2n) is 7.33. The minimum absolute atomic E-state index is 0.288. The summed E-state index contributed by atoms with van der Waals surface area (Å²) in [6.45, 7) is 0. The number of nitrogens with two attached hydrogens (primary N) is 1. The Bertz CT molecular complexity index is 1650. The van der Waals surface area contributed by atoms with Crippen LogP contribution in [0.25, 0.3) is 28.5 Å². The third kappa shape index (κ3) is 5.13. The van der Waals surface area contributed by atoms with Crippen molar-refractivity contribution < 1.29 is 12.9 Å². The molecule has 36 heavy (non-hydrogen) atoms. The van der Waals surface area contributed by atoms with Gasteiger partial charge in [-0.1, -0.05) is 52.3 Å². The van der Waals surface area contributed by atoms with Crippen molar-refractivity contribution in [1.82, 2.24) is 29.9 Å². The maximum atomic E-state index is 11.8. The van der Waals surface area contributed by atoms with E-state index in [9.17, 15) is 8.42 Å². The number of benzene rings is 2. The third-order valence-corrected chi connectivity index (χ3v) is 7.20. The number of pyridine rings is 1. The van der Waals surface area contributed by atoms with Crippen LogP contribution >= 0.6 is 35.0 Å². The molecule has 0 amide bonds. The molecule has 2 aromatic carbocycles. The highest BCUT2D eigenvalue weighted by atomic mass is 35.5. The minimum atomic E-state index is -4.02. The lowest BCUT2D eigenvalue weighted by Gasteiger charge is -2.11. The van der Waals surface area contributed by atoms with Crippen LogP contribution in [0.15, 0.2) is 81.6 Å². The van der Waals surface area contributed by atoms with Gasteiger partial charge in [0.2, 0.25) is 11.7 Å². The molecule has 0 radical (unpaired) electrons. The Hall–Kier alpha value is -3.29. The van der Waals surface area contributed by atoms with Crippen LogP contribution in [-0.2, 0) is 15.8 Å². The summed E-state index contributed by atoms with van der Waals surface area (Å²) in [6, 6.07) is 17.2. The maximum Gasteiger partial charge on any atom is 0.255 e. The summed E-state index contributed by atoms with van der Waals surface area (Å²) in [4.78, 5) is 8.27. The number of halogens is 2. The number of primary sulfonamides is 1. The zero-order chi connectivity index (χ0) is 25.3. The number of sulfonamides is 1. The van der Waals surface area contributed by atoms with E-state index in [0.717, 1.165) is 5.56 Å². The van der Waals surface area contributed by atoms with E-state index in [1.54, 1.807) is 53.1 Å². The number of aromatic nitrogens is 6. The first-order chi connectivity index (χ1) is 17.3. The van der Waals surface area contributed by atoms with Crippen LogP contribution in [0.3, 0.4) is 0 Å². The van der Waals surface area contributed by atoms with E-state index in [1.807, 2.05) is 6.07 Å². The van der Waals surface area contributed by atoms with E-state index < -0.39 is 10.0 Å². The van der Waals surface area contributed by atoms with Crippen molar-refractivity contribution in [3.05, 3.63) is 82.8 Å². The van der Waals surface area contributed by atoms with Crippen LogP contribution in [-0.4, -0.2) is 38.3 Å². The van der Waals surface area contributed by atoms with Gasteiger partial charge < -0.3 is 4.52 Å². The Balaban J connectivity index is 1.50. The molecule has 0 aliphatic heterocycles. The van der Waals surface area contributed by atoms with Gasteiger partial charge in [-0.05, 0) is 48.5 Å². The average molecular weight is 560 g/mol. The Morgan fingerprint density at radius 3 is 2.53 bits per heavy atom. The lowest BCUT2D eigenvalue weighted by atomic mass is 10.2. The van der Waals surface area contributed by atoms with Gasteiger partial charge in [-0.3, -0.25) is 4.57 Å². The molecule has 3 aromatic heterocycles. The Labute approximate surface area is 219 Å². The summed E-state index contributed by atoms with van der Waals surface area (Å²) in [6.07, 6.45) is 1.34. The fourth-order valence-electron chi connectivity index (χ4n) is 3.26. The zero-order valence-electron chi connectivity index (χ0n) is 18.1. The number of rotatable bonds is 7.